The first-order chi connectivity index (χ1) is 16.0. The van der Waals surface area contributed by atoms with Crippen LogP contribution in [0.1, 0.15) is 27.0 Å². The Bertz CT molecular complexity index is 1540. The molecule has 0 saturated heterocycles. The molecule has 1 amide bonds. The molecule has 0 spiro atoms. The highest BCUT2D eigenvalue weighted by atomic mass is 16.1. The zero-order valence-corrected chi connectivity index (χ0v) is 18.1. The smallest absolute Gasteiger partial charge is 0.261 e. The molecule has 0 atom stereocenters. The summed E-state index contributed by atoms with van der Waals surface area (Å²) >= 11 is 0. The number of nitrogens with zero attached hydrogens (tertiary/aromatic N) is 5. The van der Waals surface area contributed by atoms with Crippen LogP contribution >= 0.6 is 0 Å². The molecule has 0 aliphatic rings. The van der Waals surface area contributed by atoms with Crippen molar-refractivity contribution in [2.24, 2.45) is 5.10 Å². The summed E-state index contributed by atoms with van der Waals surface area (Å²) in [6.07, 6.45) is 4.98. The third-order valence-corrected chi connectivity index (χ3v) is 5.47. The van der Waals surface area contributed by atoms with Gasteiger partial charge in [-0.3, -0.25) is 9.78 Å². The highest BCUT2D eigenvalue weighted by molar-refractivity contribution is 6.16. The number of nitrogens with two attached hydrogens (primary N) is 1. The maximum Gasteiger partial charge on any atom is 0.261 e. The monoisotopic (exact) mass is 435 g/mol. The first-order valence-corrected chi connectivity index (χ1v) is 10.4. The van der Waals surface area contributed by atoms with Crippen molar-refractivity contribution in [2.45, 2.75) is 13.8 Å². The summed E-state index contributed by atoms with van der Waals surface area (Å²) in [6.45, 7) is 4.02. The molecular formula is C25H21N7O. The molecule has 3 N–H and O–H groups in total. The van der Waals surface area contributed by atoms with Crippen LogP contribution in [0.5, 0.6) is 0 Å². The van der Waals surface area contributed by atoms with Crippen LogP contribution in [0.2, 0.25) is 0 Å². The van der Waals surface area contributed by atoms with Crippen LogP contribution in [0.3, 0.4) is 0 Å². The fraction of sp³-hybridized carbons (Fsp3) is 0.0800. The van der Waals surface area contributed by atoms with Gasteiger partial charge >= 0.3 is 0 Å². The molecule has 8 nitrogen and oxygen atoms in total. The van der Waals surface area contributed by atoms with Gasteiger partial charge in [0.05, 0.1) is 17.2 Å². The van der Waals surface area contributed by atoms with Crippen LogP contribution in [-0.4, -0.2) is 31.7 Å². The molecule has 3 aromatic heterocycles. The Balaban J connectivity index is 1.66. The van der Waals surface area contributed by atoms with E-state index in [4.69, 9.17) is 15.7 Å². The van der Waals surface area contributed by atoms with Gasteiger partial charge in [-0.05, 0) is 55.3 Å². The number of para-hydroxylation sites is 2. The number of rotatable bonds is 4. The van der Waals surface area contributed by atoms with Gasteiger partial charge in [0.25, 0.3) is 5.91 Å². The Morgan fingerprint density at radius 2 is 1.82 bits per heavy atom. The van der Waals surface area contributed by atoms with Crippen molar-refractivity contribution in [3.8, 4) is 0 Å². The van der Waals surface area contributed by atoms with Crippen molar-refractivity contribution in [3.63, 3.8) is 0 Å². The number of carbonyl (C=O) groups is 1. The highest BCUT2D eigenvalue weighted by Gasteiger charge is 2.24. The van der Waals surface area contributed by atoms with Crippen molar-refractivity contribution in [3.05, 3.63) is 89.2 Å². The van der Waals surface area contributed by atoms with E-state index in [1.54, 1.807) is 18.6 Å². The maximum absolute atomic E-state index is 13.3. The van der Waals surface area contributed by atoms with Crippen LogP contribution in [0.4, 0.5) is 11.5 Å². The number of nitrogens with one attached hydrogen (secondary N) is 1. The number of hydrogen-bond acceptors (Lipinski definition) is 6. The SMILES string of the molecule is Cc1ccc(NC(=O)c2c(N)n(/N=C\c3cccnc3)c3nc4ccccc4nc23)cc1C. The Kier molecular flexibility index (Phi) is 5.02. The number of carbonyl (C=O) groups excluding carboxylic acids is 1. The van der Waals surface area contributed by atoms with E-state index in [1.165, 1.54) is 4.68 Å². The fourth-order valence-electron chi connectivity index (χ4n) is 3.58. The van der Waals surface area contributed by atoms with Gasteiger partial charge in [-0.2, -0.15) is 9.78 Å². The molecule has 8 heteroatoms. The molecule has 162 valence electrons. The molecule has 0 fully saturated rings. The summed E-state index contributed by atoms with van der Waals surface area (Å²) in [5, 5.41) is 7.42. The van der Waals surface area contributed by atoms with Crippen molar-refractivity contribution in [2.75, 3.05) is 11.1 Å². The Morgan fingerprint density at radius 3 is 2.55 bits per heavy atom. The first-order valence-electron chi connectivity index (χ1n) is 10.4. The molecule has 0 aliphatic carbocycles. The van der Waals surface area contributed by atoms with E-state index < -0.39 is 0 Å². The molecule has 0 bridgehead atoms. The number of aryl methyl sites for hydroxylation is 2. The molecule has 3 heterocycles. The second-order valence-corrected chi connectivity index (χ2v) is 7.74. The molecule has 2 aromatic carbocycles. The molecule has 33 heavy (non-hydrogen) atoms. The zero-order valence-electron chi connectivity index (χ0n) is 18.1. The van der Waals surface area contributed by atoms with E-state index in [2.05, 4.69) is 15.4 Å². The van der Waals surface area contributed by atoms with Gasteiger partial charge < -0.3 is 11.1 Å². The average molecular weight is 435 g/mol. The predicted molar refractivity (Wildman–Crippen MR) is 131 cm³/mol. The third kappa shape index (κ3) is 3.78. The van der Waals surface area contributed by atoms with Crippen LogP contribution < -0.4 is 11.1 Å². The van der Waals surface area contributed by atoms with Crippen LogP contribution in [0.15, 0.2) is 72.1 Å². The molecule has 5 aromatic rings. The fourth-order valence-corrected chi connectivity index (χ4v) is 3.58. The number of anilines is 2. The van der Waals surface area contributed by atoms with Gasteiger partial charge in [0.2, 0.25) is 0 Å². The van der Waals surface area contributed by atoms with Gasteiger partial charge in [-0.1, -0.05) is 24.3 Å². The summed E-state index contributed by atoms with van der Waals surface area (Å²) in [5.41, 5.74) is 12.5. The van der Waals surface area contributed by atoms with E-state index >= 15 is 0 Å². The Labute approximate surface area is 189 Å². The van der Waals surface area contributed by atoms with Gasteiger partial charge in [0.15, 0.2) is 5.65 Å². The second kappa shape index (κ2) is 8.16. The number of hydrogen-bond donors (Lipinski definition) is 2. The molecule has 5 rings (SSSR count). The van der Waals surface area contributed by atoms with E-state index in [1.807, 2.05) is 68.4 Å². The Hall–Kier alpha value is -4.59. The van der Waals surface area contributed by atoms with Crippen molar-refractivity contribution in [1.82, 2.24) is 19.6 Å². The highest BCUT2D eigenvalue weighted by Crippen LogP contribution is 2.29. The summed E-state index contributed by atoms with van der Waals surface area (Å²) in [4.78, 5) is 26.8. The lowest BCUT2D eigenvalue weighted by atomic mass is 10.1. The van der Waals surface area contributed by atoms with Gasteiger partial charge in [-0.25, -0.2) is 9.97 Å². The first kappa shape index (κ1) is 20.3. The van der Waals surface area contributed by atoms with Crippen molar-refractivity contribution in [1.29, 1.82) is 0 Å². The summed E-state index contributed by atoms with van der Waals surface area (Å²) in [7, 11) is 0. The molecule has 0 radical (unpaired) electrons. The van der Waals surface area contributed by atoms with Gasteiger partial charge in [-0.15, -0.1) is 0 Å². The standard InChI is InChI=1S/C25H21N7O/c1-15-9-10-18(12-16(15)2)29-25(33)21-22-24(31-20-8-4-3-7-19(20)30-22)32(23(21)26)28-14-17-6-5-11-27-13-17/h3-14H,26H2,1-2H3,(H,29,33)/b28-14-. The molecule has 0 saturated carbocycles. The van der Waals surface area contributed by atoms with E-state index in [0.29, 0.717) is 27.9 Å². The molecule has 0 unspecified atom stereocenters. The lowest BCUT2D eigenvalue weighted by molar-refractivity contribution is 0.102. The number of fused-ring (bicyclic) bond motifs is 2. The number of pyridine rings is 1. The number of aromatic nitrogens is 4. The Morgan fingerprint density at radius 1 is 1.03 bits per heavy atom. The minimum absolute atomic E-state index is 0.154. The minimum Gasteiger partial charge on any atom is -0.383 e. The summed E-state index contributed by atoms with van der Waals surface area (Å²) in [6, 6.07) is 16.9. The molecule has 0 aliphatic heterocycles. The van der Waals surface area contributed by atoms with E-state index in [-0.39, 0.29) is 17.3 Å². The van der Waals surface area contributed by atoms with Gasteiger partial charge in [0.1, 0.15) is 16.9 Å². The predicted octanol–water partition coefficient (Wildman–Crippen LogP) is 4.31. The van der Waals surface area contributed by atoms with E-state index in [9.17, 15) is 4.79 Å². The number of benzene rings is 2. The minimum atomic E-state index is -0.374. The van der Waals surface area contributed by atoms with Gasteiger partial charge in [0, 0.05) is 23.6 Å². The van der Waals surface area contributed by atoms with Crippen LogP contribution in [-0.2, 0) is 0 Å². The quantitative estimate of drug-likeness (QED) is 0.409. The zero-order chi connectivity index (χ0) is 22.9. The van der Waals surface area contributed by atoms with Crippen LogP contribution in [0, 0.1) is 13.8 Å². The summed E-state index contributed by atoms with van der Waals surface area (Å²) < 4.78 is 1.44. The van der Waals surface area contributed by atoms with E-state index in [0.717, 1.165) is 16.7 Å². The lowest BCUT2D eigenvalue weighted by Gasteiger charge is -2.08. The summed E-state index contributed by atoms with van der Waals surface area (Å²) in [5.74, 6) is -0.220. The second-order valence-electron chi connectivity index (χ2n) is 7.74. The topological polar surface area (TPSA) is 111 Å². The number of amides is 1. The third-order valence-electron chi connectivity index (χ3n) is 5.47. The number of nitrogen functional groups attached to an aromatic ring is 1. The van der Waals surface area contributed by atoms with Crippen molar-refractivity contribution >= 4 is 45.8 Å². The van der Waals surface area contributed by atoms with Crippen LogP contribution in [0.25, 0.3) is 22.2 Å². The largest absolute Gasteiger partial charge is 0.383 e. The molecular weight excluding hydrogens is 414 g/mol. The normalized spacial score (nSPS) is 11.5. The van der Waals surface area contributed by atoms with Crippen molar-refractivity contribution < 1.29 is 4.79 Å². The maximum atomic E-state index is 13.3. The average Bonchev–Trinajstić information content (AvgIpc) is 3.09. The lowest BCUT2D eigenvalue weighted by Crippen LogP contribution is -2.14.